The topological polar surface area (TPSA) is 99.2 Å². The number of imidazole rings is 1. The van der Waals surface area contributed by atoms with Crippen LogP contribution in [-0.2, 0) is 16.6 Å². The SMILES string of the molecule is Cc1noc(C(C)C)c1C(=O)OCC(=O)N[C@H](c1ccccc1)c1nccn1C. The molecule has 0 saturated heterocycles. The molecule has 152 valence electrons. The molecule has 0 aliphatic heterocycles. The molecule has 0 aliphatic rings. The summed E-state index contributed by atoms with van der Waals surface area (Å²) in [5.74, 6) is 0.0284. The number of rotatable bonds is 7. The Morgan fingerprint density at radius 3 is 2.59 bits per heavy atom. The largest absolute Gasteiger partial charge is 0.452 e. The first kappa shape index (κ1) is 20.3. The number of benzene rings is 1. The Balaban J connectivity index is 1.71. The van der Waals surface area contributed by atoms with Gasteiger partial charge in [-0.05, 0) is 12.5 Å². The fourth-order valence-corrected chi connectivity index (χ4v) is 3.03. The average Bonchev–Trinajstić information content (AvgIpc) is 3.30. The van der Waals surface area contributed by atoms with Gasteiger partial charge in [-0.3, -0.25) is 4.79 Å². The number of aromatic nitrogens is 3. The Morgan fingerprint density at radius 1 is 1.24 bits per heavy atom. The maximum absolute atomic E-state index is 12.5. The van der Waals surface area contributed by atoms with Gasteiger partial charge in [0.2, 0.25) is 0 Å². The van der Waals surface area contributed by atoms with E-state index in [1.54, 1.807) is 19.3 Å². The van der Waals surface area contributed by atoms with Crippen molar-refractivity contribution in [1.82, 2.24) is 20.0 Å². The molecule has 0 fully saturated rings. The van der Waals surface area contributed by atoms with Gasteiger partial charge >= 0.3 is 5.97 Å². The Kier molecular flexibility index (Phi) is 6.11. The van der Waals surface area contributed by atoms with E-state index < -0.39 is 24.5 Å². The quantitative estimate of drug-likeness (QED) is 0.617. The van der Waals surface area contributed by atoms with E-state index in [9.17, 15) is 9.59 Å². The summed E-state index contributed by atoms with van der Waals surface area (Å²) in [5, 5.41) is 6.72. The molecule has 0 spiro atoms. The summed E-state index contributed by atoms with van der Waals surface area (Å²) < 4.78 is 12.3. The molecule has 0 unspecified atom stereocenters. The van der Waals surface area contributed by atoms with Gasteiger partial charge in [0.15, 0.2) is 12.4 Å². The summed E-state index contributed by atoms with van der Waals surface area (Å²) in [5.41, 5.74) is 1.59. The van der Waals surface area contributed by atoms with E-state index in [0.717, 1.165) is 5.56 Å². The summed E-state index contributed by atoms with van der Waals surface area (Å²) >= 11 is 0. The summed E-state index contributed by atoms with van der Waals surface area (Å²) in [6.45, 7) is 5.02. The third kappa shape index (κ3) is 4.53. The maximum Gasteiger partial charge on any atom is 0.344 e. The van der Waals surface area contributed by atoms with Crippen LogP contribution in [0.5, 0.6) is 0 Å². The van der Waals surface area contributed by atoms with Gasteiger partial charge in [-0.2, -0.15) is 0 Å². The zero-order valence-corrected chi connectivity index (χ0v) is 16.9. The molecule has 29 heavy (non-hydrogen) atoms. The standard InChI is InChI=1S/C21H24N4O4/c1-13(2)19-17(14(3)24-29-19)21(27)28-12-16(26)23-18(15-8-6-5-7-9-15)20-22-10-11-25(20)4/h5-11,13,18H,12H2,1-4H3,(H,23,26)/t18-/m1/s1. The van der Waals surface area contributed by atoms with Gasteiger partial charge in [0, 0.05) is 25.4 Å². The first-order valence-electron chi connectivity index (χ1n) is 9.33. The molecule has 0 radical (unpaired) electrons. The van der Waals surface area contributed by atoms with Crippen LogP contribution in [0.3, 0.4) is 0 Å². The zero-order valence-electron chi connectivity index (χ0n) is 16.9. The number of carbonyl (C=O) groups is 2. The van der Waals surface area contributed by atoms with Crippen LogP contribution in [0.25, 0.3) is 0 Å². The predicted molar refractivity (Wildman–Crippen MR) is 105 cm³/mol. The van der Waals surface area contributed by atoms with Crippen LogP contribution in [0.2, 0.25) is 0 Å². The Labute approximate surface area is 168 Å². The monoisotopic (exact) mass is 396 g/mol. The van der Waals surface area contributed by atoms with Crippen molar-refractivity contribution in [1.29, 1.82) is 0 Å². The van der Waals surface area contributed by atoms with Crippen molar-refractivity contribution < 1.29 is 18.8 Å². The smallest absolute Gasteiger partial charge is 0.344 e. The van der Waals surface area contributed by atoms with Gasteiger partial charge in [0.25, 0.3) is 5.91 Å². The highest BCUT2D eigenvalue weighted by Gasteiger charge is 2.25. The van der Waals surface area contributed by atoms with Crippen LogP contribution in [0.15, 0.2) is 47.2 Å². The lowest BCUT2D eigenvalue weighted by Crippen LogP contribution is -2.34. The van der Waals surface area contributed by atoms with Crippen LogP contribution < -0.4 is 5.32 Å². The van der Waals surface area contributed by atoms with E-state index in [1.165, 1.54) is 0 Å². The first-order chi connectivity index (χ1) is 13.9. The number of ether oxygens (including phenoxy) is 1. The number of amides is 1. The Hall–Kier alpha value is -3.42. The van der Waals surface area contributed by atoms with E-state index >= 15 is 0 Å². The molecule has 3 rings (SSSR count). The average molecular weight is 396 g/mol. The van der Waals surface area contributed by atoms with Crippen LogP contribution in [0.1, 0.15) is 59.0 Å². The number of hydrogen-bond acceptors (Lipinski definition) is 6. The molecule has 1 amide bonds. The molecule has 1 aromatic carbocycles. The van der Waals surface area contributed by atoms with Crippen LogP contribution in [0.4, 0.5) is 0 Å². The second-order valence-corrected chi connectivity index (χ2v) is 7.05. The van der Waals surface area contributed by atoms with Gasteiger partial charge in [-0.25, -0.2) is 9.78 Å². The van der Waals surface area contributed by atoms with Gasteiger partial charge in [-0.15, -0.1) is 0 Å². The van der Waals surface area contributed by atoms with E-state index in [2.05, 4.69) is 15.5 Å². The molecule has 8 nitrogen and oxygen atoms in total. The molecule has 1 atom stereocenters. The molecular formula is C21H24N4O4. The van der Waals surface area contributed by atoms with E-state index in [-0.39, 0.29) is 11.5 Å². The van der Waals surface area contributed by atoms with Crippen molar-refractivity contribution in [2.24, 2.45) is 7.05 Å². The van der Waals surface area contributed by atoms with Crippen molar-refractivity contribution >= 4 is 11.9 Å². The van der Waals surface area contributed by atoms with E-state index in [4.69, 9.17) is 9.26 Å². The van der Waals surface area contributed by atoms with Gasteiger partial charge in [0.1, 0.15) is 17.4 Å². The van der Waals surface area contributed by atoms with Crippen LogP contribution in [-0.4, -0.2) is 33.2 Å². The zero-order chi connectivity index (χ0) is 21.0. The highest BCUT2D eigenvalue weighted by atomic mass is 16.5. The van der Waals surface area contributed by atoms with Crippen molar-refractivity contribution in [3.8, 4) is 0 Å². The number of aryl methyl sites for hydroxylation is 2. The summed E-state index contributed by atoms with van der Waals surface area (Å²) in [6, 6.07) is 9.02. The number of esters is 1. The molecular weight excluding hydrogens is 372 g/mol. The lowest BCUT2D eigenvalue weighted by molar-refractivity contribution is -0.124. The molecule has 0 aliphatic carbocycles. The Morgan fingerprint density at radius 2 is 1.97 bits per heavy atom. The van der Waals surface area contributed by atoms with E-state index in [0.29, 0.717) is 17.3 Å². The molecule has 0 bridgehead atoms. The Bertz CT molecular complexity index is 991. The number of nitrogens with zero attached hydrogens (tertiary/aromatic N) is 3. The highest BCUT2D eigenvalue weighted by Crippen LogP contribution is 2.23. The van der Waals surface area contributed by atoms with E-state index in [1.807, 2.05) is 55.8 Å². The lowest BCUT2D eigenvalue weighted by atomic mass is 10.1. The van der Waals surface area contributed by atoms with Crippen molar-refractivity contribution in [3.63, 3.8) is 0 Å². The van der Waals surface area contributed by atoms with Crippen LogP contribution >= 0.6 is 0 Å². The highest BCUT2D eigenvalue weighted by molar-refractivity contribution is 5.93. The molecule has 1 N–H and O–H groups in total. The van der Waals surface area contributed by atoms with Crippen molar-refractivity contribution in [3.05, 3.63) is 71.1 Å². The predicted octanol–water partition coefficient (Wildman–Crippen LogP) is 2.90. The fourth-order valence-electron chi connectivity index (χ4n) is 3.03. The molecule has 0 saturated carbocycles. The number of hydrogen-bond donors (Lipinski definition) is 1. The summed E-state index contributed by atoms with van der Waals surface area (Å²) in [4.78, 5) is 29.4. The minimum Gasteiger partial charge on any atom is -0.452 e. The molecule has 8 heteroatoms. The number of carbonyl (C=O) groups excluding carboxylic acids is 2. The fraction of sp³-hybridized carbons (Fsp3) is 0.333. The second kappa shape index (κ2) is 8.72. The molecule has 2 aromatic heterocycles. The van der Waals surface area contributed by atoms with Gasteiger partial charge < -0.3 is 19.1 Å². The minimum atomic E-state index is -0.629. The van der Waals surface area contributed by atoms with Gasteiger partial charge in [-0.1, -0.05) is 49.3 Å². The third-order valence-corrected chi connectivity index (χ3v) is 4.51. The normalized spacial score (nSPS) is 12.0. The van der Waals surface area contributed by atoms with Crippen LogP contribution in [0, 0.1) is 6.92 Å². The summed E-state index contributed by atoms with van der Waals surface area (Å²) in [6.07, 6.45) is 3.47. The second-order valence-electron chi connectivity index (χ2n) is 7.05. The first-order valence-corrected chi connectivity index (χ1v) is 9.33. The minimum absolute atomic E-state index is 0.0292. The molecule has 3 aromatic rings. The maximum atomic E-state index is 12.5. The number of nitrogens with one attached hydrogen (secondary N) is 1. The molecule has 2 heterocycles. The van der Waals surface area contributed by atoms with Crippen molar-refractivity contribution in [2.75, 3.05) is 6.61 Å². The lowest BCUT2D eigenvalue weighted by Gasteiger charge is -2.19. The third-order valence-electron chi connectivity index (χ3n) is 4.51. The summed E-state index contributed by atoms with van der Waals surface area (Å²) in [7, 11) is 1.85. The van der Waals surface area contributed by atoms with Gasteiger partial charge in [0.05, 0.1) is 5.69 Å². The van der Waals surface area contributed by atoms with Crippen molar-refractivity contribution in [2.45, 2.75) is 32.7 Å².